The SMILES string of the molecule is C=CCCCOC1OC(OC(C)=O)C(OC2OC(COC(C)=O)C(OC3OC(C(=O)OC)C(C)C(OCc4ccccc4)C3OC(C)=O)C(OCc3ccccc3)C2N=[N+]=[N-])C(OCc2ccccc2)C1C. The van der Waals surface area contributed by atoms with Crippen LogP contribution in [-0.4, -0.2) is 124 Å². The van der Waals surface area contributed by atoms with Crippen molar-refractivity contribution < 1.29 is 80.8 Å². The fourth-order valence-corrected chi connectivity index (χ4v) is 8.72. The lowest BCUT2D eigenvalue weighted by Crippen LogP contribution is -2.66. The molecule has 3 saturated heterocycles. The van der Waals surface area contributed by atoms with Gasteiger partial charge in [0.15, 0.2) is 31.1 Å². The second kappa shape index (κ2) is 27.9. The van der Waals surface area contributed by atoms with E-state index >= 15 is 0 Å². The van der Waals surface area contributed by atoms with Crippen LogP contribution < -0.4 is 0 Å². The van der Waals surface area contributed by atoms with Crippen LogP contribution in [0.5, 0.6) is 0 Å². The summed E-state index contributed by atoms with van der Waals surface area (Å²) in [7, 11) is 1.20. The number of carbonyl (C=O) groups is 4. The Kier molecular flexibility index (Phi) is 21.5. The number of carbonyl (C=O) groups excluding carboxylic acids is 4. The molecule has 0 aromatic heterocycles. The molecule has 3 aromatic carbocycles. The fraction of sp³-hybridized carbons (Fsp3) is 0.538. The van der Waals surface area contributed by atoms with E-state index in [1.54, 1.807) is 13.0 Å². The topological polar surface area (TPSA) is 237 Å². The Balaban J connectivity index is 1.42. The molecule has 3 aliphatic rings. The van der Waals surface area contributed by atoms with E-state index in [4.69, 9.17) is 61.6 Å². The van der Waals surface area contributed by atoms with Crippen LogP contribution in [0.25, 0.3) is 10.4 Å². The first-order chi connectivity index (χ1) is 34.8. The summed E-state index contributed by atoms with van der Waals surface area (Å²) in [6, 6.07) is 26.2. The summed E-state index contributed by atoms with van der Waals surface area (Å²) in [4.78, 5) is 55.0. The number of rotatable bonds is 24. The van der Waals surface area contributed by atoms with Crippen molar-refractivity contribution in [3.63, 3.8) is 0 Å². The molecule has 3 aromatic rings. The van der Waals surface area contributed by atoms with Crippen LogP contribution in [0.2, 0.25) is 0 Å². The van der Waals surface area contributed by atoms with Gasteiger partial charge in [0.25, 0.3) is 0 Å². The Labute approximate surface area is 419 Å². The number of methoxy groups -OCH3 is 1. The molecule has 0 amide bonds. The van der Waals surface area contributed by atoms with Crippen LogP contribution in [0, 0.1) is 11.8 Å². The van der Waals surface area contributed by atoms with E-state index in [9.17, 15) is 24.7 Å². The molecule has 72 heavy (non-hydrogen) atoms. The normalized spacial score (nSPS) is 30.2. The highest BCUT2D eigenvalue weighted by Gasteiger charge is 2.57. The summed E-state index contributed by atoms with van der Waals surface area (Å²) < 4.78 is 81.4. The Morgan fingerprint density at radius 3 is 1.68 bits per heavy atom. The third kappa shape index (κ3) is 15.4. The van der Waals surface area contributed by atoms with Crippen molar-refractivity contribution >= 4 is 23.9 Å². The van der Waals surface area contributed by atoms with Gasteiger partial charge in [0.2, 0.25) is 6.29 Å². The molecule has 0 N–H and O–H groups in total. The molecule has 15 unspecified atom stereocenters. The van der Waals surface area contributed by atoms with E-state index in [0.29, 0.717) is 18.4 Å². The van der Waals surface area contributed by atoms with Crippen LogP contribution in [0.15, 0.2) is 109 Å². The highest BCUT2D eigenvalue weighted by molar-refractivity contribution is 5.75. The van der Waals surface area contributed by atoms with Gasteiger partial charge < -0.3 is 61.6 Å². The Bertz CT molecular complexity index is 2240. The number of benzene rings is 3. The van der Waals surface area contributed by atoms with Crippen LogP contribution in [0.3, 0.4) is 0 Å². The first kappa shape index (κ1) is 55.5. The molecule has 390 valence electrons. The molecule has 3 fully saturated rings. The van der Waals surface area contributed by atoms with Crippen LogP contribution in [0.4, 0.5) is 0 Å². The molecule has 20 nitrogen and oxygen atoms in total. The van der Waals surface area contributed by atoms with Gasteiger partial charge in [0, 0.05) is 37.5 Å². The molecule has 0 spiro atoms. The number of ether oxygens (including phenoxy) is 13. The van der Waals surface area contributed by atoms with Crippen LogP contribution in [-0.2, 0) is 101 Å². The zero-order valence-corrected chi connectivity index (χ0v) is 41.3. The number of allylic oxidation sites excluding steroid dienone is 1. The van der Waals surface area contributed by atoms with Gasteiger partial charge >= 0.3 is 23.9 Å². The number of nitrogens with zero attached hydrogens (tertiary/aromatic N) is 3. The average Bonchev–Trinajstić information content (AvgIpc) is 3.37. The lowest BCUT2D eigenvalue weighted by molar-refractivity contribution is -0.381. The van der Waals surface area contributed by atoms with Crippen molar-refractivity contribution in [1.29, 1.82) is 0 Å². The van der Waals surface area contributed by atoms with E-state index in [1.807, 2.05) is 97.9 Å². The molecular formula is C52H65N3O17. The molecule has 20 heteroatoms. The minimum absolute atomic E-state index is 0.0483. The van der Waals surface area contributed by atoms with Gasteiger partial charge in [-0.1, -0.05) is 116 Å². The molecular weight excluding hydrogens is 939 g/mol. The molecule has 0 radical (unpaired) electrons. The van der Waals surface area contributed by atoms with Gasteiger partial charge in [-0.05, 0) is 35.1 Å². The molecule has 0 saturated carbocycles. The summed E-state index contributed by atoms with van der Waals surface area (Å²) in [5.74, 6) is -4.22. The number of unbranched alkanes of at least 4 members (excludes halogenated alkanes) is 1. The van der Waals surface area contributed by atoms with Gasteiger partial charge in [-0.3, -0.25) is 14.4 Å². The Hall–Kier alpha value is -5.77. The number of hydrogen-bond donors (Lipinski definition) is 0. The van der Waals surface area contributed by atoms with E-state index < -0.39 is 122 Å². The molecule has 3 heterocycles. The summed E-state index contributed by atoms with van der Waals surface area (Å²) in [6.07, 6.45) is -12.5. The predicted octanol–water partition coefficient (Wildman–Crippen LogP) is 6.81. The monoisotopic (exact) mass is 1000 g/mol. The number of azide groups is 1. The molecule has 15 atom stereocenters. The van der Waals surface area contributed by atoms with Crippen LogP contribution in [0.1, 0.15) is 64.2 Å². The minimum atomic E-state index is -1.62. The standard InChI is InChI=1S/C52H65N3O17/c1-8-9-19-26-61-49-32(3)42(64-28-37-22-15-11-16-23-37)47(51(72-49)67-35(6)58)71-50-40(54-55-53)45(65-29-38-24-17-12-18-25-38)44(39(68-50)30-62-33(4)56)70-52-46(66-34(5)57)41(31(2)43(69-52)48(59)60-7)63-27-36-20-13-10-14-21-36/h8,10-18,20-25,31-32,39-47,49-52H,1,9,19,26-30H2,2-7H3. The molecule has 3 aliphatic heterocycles. The number of esters is 4. The summed E-state index contributed by atoms with van der Waals surface area (Å²) >= 11 is 0. The summed E-state index contributed by atoms with van der Waals surface area (Å²) in [5, 5.41) is 4.18. The fourth-order valence-electron chi connectivity index (χ4n) is 8.72. The van der Waals surface area contributed by atoms with E-state index in [0.717, 1.165) is 11.1 Å². The van der Waals surface area contributed by atoms with Crippen molar-refractivity contribution in [1.82, 2.24) is 0 Å². The van der Waals surface area contributed by atoms with E-state index in [-0.39, 0.29) is 26.4 Å². The first-order valence-electron chi connectivity index (χ1n) is 23.9. The predicted molar refractivity (Wildman–Crippen MR) is 253 cm³/mol. The van der Waals surface area contributed by atoms with Gasteiger partial charge in [-0.25, -0.2) is 4.79 Å². The van der Waals surface area contributed by atoms with Crippen molar-refractivity contribution in [3.8, 4) is 0 Å². The lowest BCUT2D eigenvalue weighted by atomic mass is 9.89. The summed E-state index contributed by atoms with van der Waals surface area (Å²) in [5.41, 5.74) is 12.6. The van der Waals surface area contributed by atoms with Crippen molar-refractivity contribution in [2.24, 2.45) is 17.0 Å². The van der Waals surface area contributed by atoms with E-state index in [1.165, 1.54) is 27.9 Å². The third-order valence-electron chi connectivity index (χ3n) is 12.2. The zero-order valence-electron chi connectivity index (χ0n) is 41.3. The maximum Gasteiger partial charge on any atom is 0.335 e. The first-order valence-corrected chi connectivity index (χ1v) is 23.9. The number of hydrogen-bond acceptors (Lipinski definition) is 18. The van der Waals surface area contributed by atoms with E-state index in [2.05, 4.69) is 16.6 Å². The van der Waals surface area contributed by atoms with Gasteiger partial charge in [-0.2, -0.15) is 0 Å². The molecule has 6 rings (SSSR count). The Morgan fingerprint density at radius 1 is 0.625 bits per heavy atom. The maximum atomic E-state index is 13.5. The van der Waals surface area contributed by atoms with Gasteiger partial charge in [-0.15, -0.1) is 6.58 Å². The molecule has 0 aliphatic carbocycles. The van der Waals surface area contributed by atoms with Crippen molar-refractivity contribution in [3.05, 3.63) is 131 Å². The highest BCUT2D eigenvalue weighted by atomic mass is 16.8. The summed E-state index contributed by atoms with van der Waals surface area (Å²) in [6.45, 7) is 10.8. The van der Waals surface area contributed by atoms with Gasteiger partial charge in [0.05, 0.1) is 39.6 Å². The zero-order chi connectivity index (χ0) is 51.6. The maximum absolute atomic E-state index is 13.5. The largest absolute Gasteiger partial charge is 0.467 e. The molecule has 0 bridgehead atoms. The van der Waals surface area contributed by atoms with Crippen LogP contribution >= 0.6 is 0 Å². The second-order valence-corrected chi connectivity index (χ2v) is 17.6. The van der Waals surface area contributed by atoms with Gasteiger partial charge in [0.1, 0.15) is 43.2 Å². The third-order valence-corrected chi connectivity index (χ3v) is 12.2. The van der Waals surface area contributed by atoms with Crippen molar-refractivity contribution in [2.75, 3.05) is 20.3 Å². The van der Waals surface area contributed by atoms with Crippen molar-refractivity contribution in [2.45, 2.75) is 147 Å². The highest BCUT2D eigenvalue weighted by Crippen LogP contribution is 2.40. The lowest BCUT2D eigenvalue weighted by Gasteiger charge is -2.50. The average molecular weight is 1000 g/mol. The second-order valence-electron chi connectivity index (χ2n) is 17.6. The quantitative estimate of drug-likeness (QED) is 0.0170. The minimum Gasteiger partial charge on any atom is -0.467 e. The smallest absolute Gasteiger partial charge is 0.335 e. The Morgan fingerprint density at radius 2 is 1.17 bits per heavy atom.